The van der Waals surface area contributed by atoms with E-state index < -0.39 is 5.97 Å². The van der Waals surface area contributed by atoms with E-state index in [0.717, 1.165) is 26.1 Å². The van der Waals surface area contributed by atoms with Crippen LogP contribution in [0.4, 0.5) is 0 Å². The molecule has 0 saturated carbocycles. The smallest absolute Gasteiger partial charge is 0.303 e. The first-order chi connectivity index (χ1) is 8.66. The van der Waals surface area contributed by atoms with Crippen molar-refractivity contribution in [3.8, 4) is 0 Å². The van der Waals surface area contributed by atoms with Crippen molar-refractivity contribution in [1.82, 2.24) is 9.80 Å². The van der Waals surface area contributed by atoms with Crippen LogP contribution < -0.4 is 0 Å². The first-order valence-corrected chi connectivity index (χ1v) is 6.90. The molecule has 2 saturated heterocycles. The highest BCUT2D eigenvalue weighted by Gasteiger charge is 2.30. The Balaban J connectivity index is 1.80. The summed E-state index contributed by atoms with van der Waals surface area (Å²) in [4.78, 5) is 26.9. The minimum Gasteiger partial charge on any atom is -0.481 e. The number of nitrogens with zero attached hydrogens (tertiary/aromatic N) is 2. The molecule has 18 heavy (non-hydrogen) atoms. The lowest BCUT2D eigenvalue weighted by Gasteiger charge is -2.25. The Hall–Kier alpha value is -1.10. The highest BCUT2D eigenvalue weighted by molar-refractivity contribution is 5.77. The van der Waals surface area contributed by atoms with Crippen LogP contribution in [0.1, 0.15) is 38.5 Å². The van der Waals surface area contributed by atoms with Gasteiger partial charge in [-0.05, 0) is 32.2 Å². The average molecular weight is 254 g/mol. The molecule has 0 bridgehead atoms. The fourth-order valence-corrected chi connectivity index (χ4v) is 2.98. The lowest BCUT2D eigenvalue weighted by molar-refractivity contribution is -0.137. The van der Waals surface area contributed by atoms with Gasteiger partial charge in [-0.1, -0.05) is 0 Å². The Kier molecular flexibility index (Phi) is 4.58. The lowest BCUT2D eigenvalue weighted by Crippen LogP contribution is -2.39. The van der Waals surface area contributed by atoms with Gasteiger partial charge in [0, 0.05) is 38.5 Å². The van der Waals surface area contributed by atoms with E-state index >= 15 is 0 Å². The normalized spacial score (nSPS) is 24.7. The van der Waals surface area contributed by atoms with Crippen LogP contribution in [0.25, 0.3) is 0 Å². The summed E-state index contributed by atoms with van der Waals surface area (Å²) in [7, 11) is 0. The SMILES string of the molecule is O=C(O)CCCC(=O)N1CCCN2CCCC2C1. The van der Waals surface area contributed by atoms with Crippen LogP contribution >= 0.6 is 0 Å². The van der Waals surface area contributed by atoms with Crippen molar-refractivity contribution < 1.29 is 14.7 Å². The van der Waals surface area contributed by atoms with Crippen molar-refractivity contribution in [3.63, 3.8) is 0 Å². The first kappa shape index (κ1) is 13.3. The van der Waals surface area contributed by atoms with Crippen molar-refractivity contribution in [2.75, 3.05) is 26.2 Å². The van der Waals surface area contributed by atoms with Crippen LogP contribution in [-0.2, 0) is 9.59 Å². The van der Waals surface area contributed by atoms with E-state index in [1.807, 2.05) is 4.90 Å². The predicted molar refractivity (Wildman–Crippen MR) is 67.3 cm³/mol. The fraction of sp³-hybridized carbons (Fsp3) is 0.846. The second kappa shape index (κ2) is 6.18. The van der Waals surface area contributed by atoms with Crippen LogP contribution in [0.3, 0.4) is 0 Å². The van der Waals surface area contributed by atoms with Gasteiger partial charge in [-0.25, -0.2) is 0 Å². The van der Waals surface area contributed by atoms with Gasteiger partial charge >= 0.3 is 5.97 Å². The maximum Gasteiger partial charge on any atom is 0.303 e. The molecule has 1 atom stereocenters. The number of amides is 1. The van der Waals surface area contributed by atoms with Gasteiger partial charge in [0.05, 0.1) is 0 Å². The molecule has 0 aliphatic carbocycles. The molecule has 2 aliphatic heterocycles. The zero-order valence-corrected chi connectivity index (χ0v) is 10.8. The number of rotatable bonds is 4. The van der Waals surface area contributed by atoms with Crippen LogP contribution in [0.15, 0.2) is 0 Å². The average Bonchev–Trinajstić information content (AvgIpc) is 2.66. The molecule has 1 unspecified atom stereocenters. The van der Waals surface area contributed by atoms with Crippen LogP contribution in [0.5, 0.6) is 0 Å². The van der Waals surface area contributed by atoms with Crippen molar-refractivity contribution in [1.29, 1.82) is 0 Å². The van der Waals surface area contributed by atoms with E-state index in [1.165, 1.54) is 19.4 Å². The van der Waals surface area contributed by atoms with E-state index in [1.54, 1.807) is 0 Å². The molecule has 1 N–H and O–H groups in total. The number of aliphatic carboxylic acids is 1. The second-order valence-electron chi connectivity index (χ2n) is 5.27. The van der Waals surface area contributed by atoms with Crippen LogP contribution in [-0.4, -0.2) is 59.0 Å². The van der Waals surface area contributed by atoms with E-state index in [2.05, 4.69) is 4.90 Å². The van der Waals surface area contributed by atoms with E-state index in [4.69, 9.17) is 5.11 Å². The zero-order chi connectivity index (χ0) is 13.0. The number of hydrogen-bond acceptors (Lipinski definition) is 3. The summed E-state index contributed by atoms with van der Waals surface area (Å²) < 4.78 is 0. The molecule has 0 radical (unpaired) electrons. The molecule has 0 aromatic carbocycles. The number of carboxylic acids is 1. The molecule has 102 valence electrons. The summed E-state index contributed by atoms with van der Waals surface area (Å²) in [5, 5.41) is 8.57. The second-order valence-corrected chi connectivity index (χ2v) is 5.27. The minimum absolute atomic E-state index is 0.0924. The molecule has 0 spiro atoms. The Labute approximate surface area is 108 Å². The molecule has 5 heteroatoms. The van der Waals surface area contributed by atoms with Gasteiger partial charge in [-0.2, -0.15) is 0 Å². The third kappa shape index (κ3) is 3.45. The Morgan fingerprint density at radius 2 is 1.89 bits per heavy atom. The van der Waals surface area contributed by atoms with E-state index in [9.17, 15) is 9.59 Å². The number of carbonyl (C=O) groups excluding carboxylic acids is 1. The molecule has 2 aliphatic rings. The van der Waals surface area contributed by atoms with Crippen LogP contribution in [0, 0.1) is 0 Å². The molecule has 1 amide bonds. The largest absolute Gasteiger partial charge is 0.481 e. The maximum absolute atomic E-state index is 12.0. The van der Waals surface area contributed by atoms with Crippen molar-refractivity contribution in [3.05, 3.63) is 0 Å². The number of fused-ring (bicyclic) bond motifs is 1. The van der Waals surface area contributed by atoms with Crippen molar-refractivity contribution >= 4 is 11.9 Å². The summed E-state index contributed by atoms with van der Waals surface area (Å²) in [6.45, 7) is 3.94. The van der Waals surface area contributed by atoms with Gasteiger partial charge < -0.3 is 10.0 Å². The van der Waals surface area contributed by atoms with Gasteiger partial charge in [0.15, 0.2) is 0 Å². The zero-order valence-electron chi connectivity index (χ0n) is 10.8. The summed E-state index contributed by atoms with van der Waals surface area (Å²) in [6, 6.07) is 0.538. The summed E-state index contributed by atoms with van der Waals surface area (Å²) in [5.41, 5.74) is 0. The van der Waals surface area contributed by atoms with Gasteiger partial charge in [-0.15, -0.1) is 0 Å². The third-order valence-electron chi connectivity index (χ3n) is 3.94. The molecule has 5 nitrogen and oxygen atoms in total. The quantitative estimate of drug-likeness (QED) is 0.811. The van der Waals surface area contributed by atoms with Gasteiger partial charge in [0.25, 0.3) is 0 Å². The maximum atomic E-state index is 12.0. The molecule has 2 heterocycles. The number of carbonyl (C=O) groups is 2. The Morgan fingerprint density at radius 3 is 2.67 bits per heavy atom. The lowest BCUT2D eigenvalue weighted by atomic mass is 10.2. The van der Waals surface area contributed by atoms with Crippen molar-refractivity contribution in [2.24, 2.45) is 0 Å². The van der Waals surface area contributed by atoms with E-state index in [0.29, 0.717) is 18.9 Å². The Morgan fingerprint density at radius 1 is 1.11 bits per heavy atom. The highest BCUT2D eigenvalue weighted by atomic mass is 16.4. The molecule has 2 fully saturated rings. The monoisotopic (exact) mass is 254 g/mol. The molecule has 0 aromatic rings. The number of hydrogen-bond donors (Lipinski definition) is 1. The Bertz CT molecular complexity index is 319. The predicted octanol–water partition coefficient (Wildman–Crippen LogP) is 0.938. The first-order valence-electron chi connectivity index (χ1n) is 6.90. The summed E-state index contributed by atoms with van der Waals surface area (Å²) >= 11 is 0. The fourth-order valence-electron chi connectivity index (χ4n) is 2.98. The van der Waals surface area contributed by atoms with E-state index in [-0.39, 0.29) is 12.3 Å². The van der Waals surface area contributed by atoms with Gasteiger partial charge in [0.1, 0.15) is 0 Å². The van der Waals surface area contributed by atoms with Gasteiger partial charge in [0.2, 0.25) is 5.91 Å². The molecular weight excluding hydrogens is 232 g/mol. The van der Waals surface area contributed by atoms with Gasteiger partial charge in [-0.3, -0.25) is 14.5 Å². The molecule has 2 rings (SSSR count). The molecule has 0 aromatic heterocycles. The standard InChI is InChI=1S/C13H22N2O3/c16-12(5-1-6-13(17)18)15-9-3-8-14-7-2-4-11(14)10-15/h11H,1-10H2,(H,17,18). The van der Waals surface area contributed by atoms with Crippen LogP contribution in [0.2, 0.25) is 0 Å². The topological polar surface area (TPSA) is 60.9 Å². The third-order valence-corrected chi connectivity index (χ3v) is 3.94. The highest BCUT2D eigenvalue weighted by Crippen LogP contribution is 2.21. The van der Waals surface area contributed by atoms with Crippen molar-refractivity contribution in [2.45, 2.75) is 44.6 Å². The summed E-state index contributed by atoms with van der Waals surface area (Å²) in [6.07, 6.45) is 4.40. The summed E-state index contributed by atoms with van der Waals surface area (Å²) in [5.74, 6) is -0.689. The molecular formula is C13H22N2O3. The number of carboxylic acid groups (broad SMARTS) is 1. The minimum atomic E-state index is -0.819.